The summed E-state index contributed by atoms with van der Waals surface area (Å²) in [7, 11) is 1.78. The lowest BCUT2D eigenvalue weighted by molar-refractivity contribution is -0.114. The topological polar surface area (TPSA) is 68.8 Å². The predicted molar refractivity (Wildman–Crippen MR) is 134 cm³/mol. The predicted octanol–water partition coefficient (Wildman–Crippen LogP) is 3.97. The van der Waals surface area contributed by atoms with Crippen LogP contribution in [-0.4, -0.2) is 38.0 Å². The number of amides is 1. The van der Waals surface area contributed by atoms with Crippen LogP contribution in [0, 0.1) is 0 Å². The van der Waals surface area contributed by atoms with E-state index in [1.165, 1.54) is 12.6 Å². The number of benzene rings is 2. The van der Waals surface area contributed by atoms with Gasteiger partial charge in [0.2, 0.25) is 5.91 Å². The molecule has 1 fully saturated rings. The van der Waals surface area contributed by atoms with Crippen molar-refractivity contribution >= 4 is 63.1 Å². The van der Waals surface area contributed by atoms with E-state index in [1.54, 1.807) is 7.05 Å². The summed E-state index contributed by atoms with van der Waals surface area (Å²) >= 11 is 3.48. The zero-order chi connectivity index (χ0) is 19.9. The van der Waals surface area contributed by atoms with E-state index in [0.717, 1.165) is 41.2 Å². The Labute approximate surface area is 197 Å². The number of carbonyl (C=O) groups excluding carboxylic acids is 1. The second-order valence-corrected chi connectivity index (χ2v) is 7.78. The summed E-state index contributed by atoms with van der Waals surface area (Å²) in [6.07, 6.45) is 1.06. The van der Waals surface area contributed by atoms with Gasteiger partial charge in [0.25, 0.3) is 0 Å². The van der Waals surface area contributed by atoms with Crippen LogP contribution in [0.1, 0.15) is 18.9 Å². The van der Waals surface area contributed by atoms with Gasteiger partial charge in [-0.1, -0.05) is 28.1 Å². The highest BCUT2D eigenvalue weighted by atomic mass is 127. The van der Waals surface area contributed by atoms with E-state index in [9.17, 15) is 4.79 Å². The molecule has 3 N–H and O–H groups in total. The molecule has 1 aliphatic heterocycles. The van der Waals surface area contributed by atoms with Crippen LogP contribution in [0.25, 0.3) is 0 Å². The number of carbonyl (C=O) groups is 1. The van der Waals surface area contributed by atoms with Crippen LogP contribution in [0.2, 0.25) is 0 Å². The van der Waals surface area contributed by atoms with Crippen molar-refractivity contribution in [2.75, 3.05) is 30.4 Å². The SMILES string of the molecule is CN=C(NCc1cccc(NC(C)=O)c1)NC1CCN(c2ccc(Br)cc2)C1.I. The largest absolute Gasteiger partial charge is 0.369 e. The third kappa shape index (κ3) is 7.18. The zero-order valence-corrected chi connectivity index (χ0v) is 20.5. The fraction of sp³-hybridized carbons (Fsp3) is 0.333. The molecule has 1 atom stereocenters. The highest BCUT2D eigenvalue weighted by Gasteiger charge is 2.23. The first-order chi connectivity index (χ1) is 13.5. The molecule has 29 heavy (non-hydrogen) atoms. The van der Waals surface area contributed by atoms with Gasteiger partial charge in [0, 0.05) is 55.5 Å². The number of nitrogens with one attached hydrogen (secondary N) is 3. The van der Waals surface area contributed by atoms with Crippen molar-refractivity contribution in [3.05, 3.63) is 58.6 Å². The van der Waals surface area contributed by atoms with Gasteiger partial charge in [-0.15, -0.1) is 24.0 Å². The molecule has 0 radical (unpaired) electrons. The Balaban J connectivity index is 0.00000300. The molecule has 0 bridgehead atoms. The Morgan fingerprint density at radius 1 is 1.24 bits per heavy atom. The van der Waals surface area contributed by atoms with Crippen molar-refractivity contribution in [3.8, 4) is 0 Å². The number of anilines is 2. The van der Waals surface area contributed by atoms with E-state index in [1.807, 2.05) is 24.3 Å². The van der Waals surface area contributed by atoms with E-state index in [4.69, 9.17) is 0 Å². The maximum Gasteiger partial charge on any atom is 0.221 e. The number of nitrogens with zero attached hydrogens (tertiary/aromatic N) is 2. The summed E-state index contributed by atoms with van der Waals surface area (Å²) in [6, 6.07) is 16.6. The van der Waals surface area contributed by atoms with Crippen LogP contribution in [-0.2, 0) is 11.3 Å². The van der Waals surface area contributed by atoms with Gasteiger partial charge in [0.15, 0.2) is 5.96 Å². The quantitative estimate of drug-likeness (QED) is 0.289. The molecule has 6 nitrogen and oxygen atoms in total. The smallest absolute Gasteiger partial charge is 0.221 e. The van der Waals surface area contributed by atoms with Gasteiger partial charge in [0.05, 0.1) is 0 Å². The average Bonchev–Trinajstić information content (AvgIpc) is 3.14. The molecule has 156 valence electrons. The minimum atomic E-state index is -0.0702. The first-order valence-corrected chi connectivity index (χ1v) is 10.2. The van der Waals surface area contributed by atoms with E-state index in [0.29, 0.717) is 12.6 Å². The van der Waals surface area contributed by atoms with Crippen molar-refractivity contribution < 1.29 is 4.79 Å². The first-order valence-electron chi connectivity index (χ1n) is 9.38. The molecule has 2 aromatic carbocycles. The fourth-order valence-electron chi connectivity index (χ4n) is 3.30. The Morgan fingerprint density at radius 3 is 2.69 bits per heavy atom. The third-order valence-electron chi connectivity index (χ3n) is 4.65. The summed E-state index contributed by atoms with van der Waals surface area (Å²) in [5.41, 5.74) is 3.12. The van der Waals surface area contributed by atoms with Gasteiger partial charge in [-0.05, 0) is 48.4 Å². The molecule has 0 spiro atoms. The van der Waals surface area contributed by atoms with Gasteiger partial charge in [-0.25, -0.2) is 0 Å². The maximum atomic E-state index is 11.2. The van der Waals surface area contributed by atoms with Crippen LogP contribution < -0.4 is 20.9 Å². The van der Waals surface area contributed by atoms with Crippen LogP contribution >= 0.6 is 39.9 Å². The second kappa shape index (κ2) is 11.4. The lowest BCUT2D eigenvalue weighted by Crippen LogP contribution is -2.44. The highest BCUT2D eigenvalue weighted by molar-refractivity contribution is 14.0. The molecule has 1 unspecified atom stereocenters. The van der Waals surface area contributed by atoms with Gasteiger partial charge in [-0.2, -0.15) is 0 Å². The number of aliphatic imine (C=N–C) groups is 1. The number of hydrogen-bond donors (Lipinski definition) is 3. The van der Waals surface area contributed by atoms with Crippen molar-refractivity contribution in [2.24, 2.45) is 4.99 Å². The monoisotopic (exact) mass is 571 g/mol. The summed E-state index contributed by atoms with van der Waals surface area (Å²) in [6.45, 7) is 4.11. The zero-order valence-electron chi connectivity index (χ0n) is 16.6. The van der Waals surface area contributed by atoms with E-state index in [2.05, 4.69) is 66.0 Å². The Hall–Kier alpha value is -1.81. The summed E-state index contributed by atoms with van der Waals surface area (Å²) in [4.78, 5) is 17.9. The number of rotatable bonds is 5. The average molecular weight is 572 g/mol. The van der Waals surface area contributed by atoms with Gasteiger partial charge >= 0.3 is 0 Å². The Morgan fingerprint density at radius 2 is 2.00 bits per heavy atom. The lowest BCUT2D eigenvalue weighted by atomic mass is 10.2. The summed E-state index contributed by atoms with van der Waals surface area (Å²) in [5.74, 6) is 0.715. The standard InChI is InChI=1S/C21H26BrN5O.HI/c1-15(28)25-18-5-3-4-16(12-18)13-24-21(23-2)26-19-10-11-27(14-19)20-8-6-17(22)7-9-20;/h3-9,12,19H,10-11,13-14H2,1-2H3,(H,25,28)(H2,23,24,26);1H. The van der Waals surface area contributed by atoms with Crippen LogP contribution in [0.4, 0.5) is 11.4 Å². The molecule has 2 aromatic rings. The van der Waals surface area contributed by atoms with Crippen LogP contribution in [0.5, 0.6) is 0 Å². The summed E-state index contributed by atoms with van der Waals surface area (Å²) in [5, 5.41) is 9.68. The third-order valence-corrected chi connectivity index (χ3v) is 5.18. The molecule has 3 rings (SSSR count). The van der Waals surface area contributed by atoms with Crippen molar-refractivity contribution in [1.82, 2.24) is 10.6 Å². The minimum Gasteiger partial charge on any atom is -0.369 e. The normalized spacial score (nSPS) is 16.2. The van der Waals surface area contributed by atoms with Crippen molar-refractivity contribution in [2.45, 2.75) is 25.9 Å². The Kier molecular flexibility index (Phi) is 9.22. The van der Waals surface area contributed by atoms with Crippen molar-refractivity contribution in [3.63, 3.8) is 0 Å². The molecule has 1 aliphatic rings. The molecular formula is C21H27BrIN5O. The molecule has 8 heteroatoms. The van der Waals surface area contributed by atoms with Crippen LogP contribution in [0.15, 0.2) is 58.0 Å². The van der Waals surface area contributed by atoms with E-state index in [-0.39, 0.29) is 29.9 Å². The molecule has 1 amide bonds. The first kappa shape index (κ1) is 23.5. The number of halogens is 2. The van der Waals surface area contributed by atoms with E-state index >= 15 is 0 Å². The molecular weight excluding hydrogens is 545 g/mol. The maximum absolute atomic E-state index is 11.2. The number of guanidine groups is 1. The van der Waals surface area contributed by atoms with Crippen molar-refractivity contribution in [1.29, 1.82) is 0 Å². The molecule has 0 saturated carbocycles. The molecule has 0 aromatic heterocycles. The van der Waals surface area contributed by atoms with E-state index < -0.39 is 0 Å². The van der Waals surface area contributed by atoms with Gasteiger partial charge < -0.3 is 20.9 Å². The number of hydrogen-bond acceptors (Lipinski definition) is 3. The van der Waals surface area contributed by atoms with Gasteiger partial charge in [-0.3, -0.25) is 9.79 Å². The molecule has 0 aliphatic carbocycles. The minimum absolute atomic E-state index is 0. The fourth-order valence-corrected chi connectivity index (χ4v) is 3.56. The highest BCUT2D eigenvalue weighted by Crippen LogP contribution is 2.22. The molecule has 1 heterocycles. The summed E-state index contributed by atoms with van der Waals surface area (Å²) < 4.78 is 1.09. The molecule has 1 saturated heterocycles. The second-order valence-electron chi connectivity index (χ2n) is 6.86. The van der Waals surface area contributed by atoms with Gasteiger partial charge in [0.1, 0.15) is 0 Å². The lowest BCUT2D eigenvalue weighted by Gasteiger charge is -2.20. The van der Waals surface area contributed by atoms with Crippen LogP contribution in [0.3, 0.4) is 0 Å². The Bertz CT molecular complexity index is 843.